The number of ketones is 1. The number of carbonyl (C=O) groups excluding carboxylic acids is 1. The van der Waals surface area contributed by atoms with Gasteiger partial charge >= 0.3 is 0 Å². The number of piperazine rings is 1. The predicted octanol–water partition coefficient (Wildman–Crippen LogP) is 1.64. The van der Waals surface area contributed by atoms with Crippen molar-refractivity contribution in [3.8, 4) is 5.75 Å². The van der Waals surface area contributed by atoms with E-state index in [1.807, 2.05) is 12.1 Å². The first-order valence-electron chi connectivity index (χ1n) is 9.08. The first kappa shape index (κ1) is 20.8. The van der Waals surface area contributed by atoms with Crippen LogP contribution in [0.4, 0.5) is 0 Å². The van der Waals surface area contributed by atoms with Crippen LogP contribution in [0.15, 0.2) is 47.4 Å². The predicted molar refractivity (Wildman–Crippen MR) is 108 cm³/mol. The lowest BCUT2D eigenvalue weighted by Gasteiger charge is -2.31. The van der Waals surface area contributed by atoms with E-state index in [4.69, 9.17) is 16.3 Å². The molecule has 150 valence electrons. The van der Waals surface area contributed by atoms with E-state index in [2.05, 4.69) is 0 Å². The Labute approximate surface area is 170 Å². The molecule has 0 atom stereocenters. The Kier molecular flexibility index (Phi) is 6.40. The fourth-order valence-electron chi connectivity index (χ4n) is 3.40. The van der Waals surface area contributed by atoms with Crippen molar-refractivity contribution in [1.82, 2.24) is 4.31 Å². The third-order valence-corrected chi connectivity index (χ3v) is 7.12. The van der Waals surface area contributed by atoms with Gasteiger partial charge < -0.3 is 9.64 Å². The molecule has 1 saturated heterocycles. The van der Waals surface area contributed by atoms with E-state index in [1.165, 1.54) is 22.2 Å². The average Bonchev–Trinajstić information content (AvgIpc) is 2.68. The third kappa shape index (κ3) is 4.55. The van der Waals surface area contributed by atoms with Gasteiger partial charge in [-0.05, 0) is 43.3 Å². The van der Waals surface area contributed by atoms with Crippen molar-refractivity contribution in [2.75, 3.05) is 33.3 Å². The highest BCUT2D eigenvalue weighted by Gasteiger charge is 2.31. The van der Waals surface area contributed by atoms with Crippen molar-refractivity contribution in [3.63, 3.8) is 0 Å². The molecule has 0 amide bonds. The molecule has 1 fully saturated rings. The van der Waals surface area contributed by atoms with Gasteiger partial charge in [-0.1, -0.05) is 17.7 Å². The molecule has 1 aliphatic rings. The molecule has 28 heavy (non-hydrogen) atoms. The summed E-state index contributed by atoms with van der Waals surface area (Å²) in [4.78, 5) is 13.1. The summed E-state index contributed by atoms with van der Waals surface area (Å²) in [6.07, 6.45) is 0. The number of benzene rings is 2. The zero-order valence-electron chi connectivity index (χ0n) is 15.9. The number of Topliss-reactive ketones (excluding diaryl/α,β-unsaturated/α-hetero) is 1. The highest BCUT2D eigenvalue weighted by molar-refractivity contribution is 7.89. The molecule has 2 aromatic rings. The van der Waals surface area contributed by atoms with Crippen LogP contribution in [0.2, 0.25) is 5.02 Å². The first-order chi connectivity index (χ1) is 13.3. The summed E-state index contributed by atoms with van der Waals surface area (Å²) in [5, 5.41) is 0.405. The fourth-order valence-corrected chi connectivity index (χ4v) is 5.14. The standard InChI is InChI=1S/C20H23ClN2O4S/c1-15(24)16-6-7-20(27-2)17(12-16)14-22-8-10-23(11-9-22)28(25,26)19-5-3-4-18(21)13-19/h3-7,12-13H,8-11,14H2,1-2H3/p+1. The zero-order chi connectivity index (χ0) is 20.3. The number of hydrogen-bond acceptors (Lipinski definition) is 4. The summed E-state index contributed by atoms with van der Waals surface area (Å²) in [5.41, 5.74) is 1.61. The summed E-state index contributed by atoms with van der Waals surface area (Å²) >= 11 is 5.94. The summed E-state index contributed by atoms with van der Waals surface area (Å²) in [6, 6.07) is 11.8. The molecule has 0 bridgehead atoms. The van der Waals surface area contributed by atoms with E-state index in [1.54, 1.807) is 31.4 Å². The molecular weight excluding hydrogens is 400 g/mol. The van der Waals surface area contributed by atoms with Crippen LogP contribution in [0.3, 0.4) is 0 Å². The lowest BCUT2D eigenvalue weighted by Crippen LogP contribution is -3.13. The van der Waals surface area contributed by atoms with Gasteiger partial charge in [-0.2, -0.15) is 4.31 Å². The molecule has 1 aliphatic heterocycles. The van der Waals surface area contributed by atoms with Crippen LogP contribution < -0.4 is 9.64 Å². The number of nitrogens with one attached hydrogen (secondary N) is 1. The summed E-state index contributed by atoms with van der Waals surface area (Å²) in [5.74, 6) is 0.753. The molecule has 1 heterocycles. The van der Waals surface area contributed by atoms with Crippen LogP contribution in [-0.2, 0) is 16.6 Å². The second-order valence-electron chi connectivity index (χ2n) is 6.87. The number of sulfonamides is 1. The van der Waals surface area contributed by atoms with Crippen LogP contribution >= 0.6 is 11.6 Å². The van der Waals surface area contributed by atoms with E-state index < -0.39 is 10.0 Å². The summed E-state index contributed by atoms with van der Waals surface area (Å²) < 4.78 is 32.6. The number of halogens is 1. The van der Waals surface area contributed by atoms with Gasteiger partial charge in [0.2, 0.25) is 10.0 Å². The number of rotatable bonds is 6. The Bertz CT molecular complexity index is 970. The first-order valence-corrected chi connectivity index (χ1v) is 10.9. The number of quaternary nitrogens is 1. The summed E-state index contributed by atoms with van der Waals surface area (Å²) in [6.45, 7) is 4.42. The Hall–Kier alpha value is -1.93. The molecule has 0 radical (unpaired) electrons. The van der Waals surface area contributed by atoms with E-state index in [9.17, 15) is 13.2 Å². The normalized spacial score (nSPS) is 16.1. The largest absolute Gasteiger partial charge is 0.496 e. The summed E-state index contributed by atoms with van der Waals surface area (Å²) in [7, 11) is -1.94. The number of nitrogens with zero attached hydrogens (tertiary/aromatic N) is 1. The third-order valence-electron chi connectivity index (χ3n) is 4.99. The molecule has 0 spiro atoms. The number of hydrogen-bond donors (Lipinski definition) is 1. The minimum Gasteiger partial charge on any atom is -0.496 e. The molecule has 8 heteroatoms. The van der Waals surface area contributed by atoms with Gasteiger partial charge in [0.1, 0.15) is 12.3 Å². The van der Waals surface area contributed by atoms with Crippen molar-refractivity contribution in [2.45, 2.75) is 18.4 Å². The van der Waals surface area contributed by atoms with Crippen molar-refractivity contribution in [2.24, 2.45) is 0 Å². The smallest absolute Gasteiger partial charge is 0.243 e. The lowest BCUT2D eigenvalue weighted by atomic mass is 10.1. The van der Waals surface area contributed by atoms with Gasteiger partial charge in [-0.25, -0.2) is 8.42 Å². The molecule has 2 aromatic carbocycles. The number of ether oxygens (including phenoxy) is 1. The zero-order valence-corrected chi connectivity index (χ0v) is 17.5. The van der Waals surface area contributed by atoms with Gasteiger partial charge in [0, 0.05) is 16.1 Å². The highest BCUT2D eigenvalue weighted by Crippen LogP contribution is 2.21. The van der Waals surface area contributed by atoms with Crippen molar-refractivity contribution in [1.29, 1.82) is 0 Å². The quantitative estimate of drug-likeness (QED) is 0.717. The Balaban J connectivity index is 1.69. The van der Waals surface area contributed by atoms with Crippen LogP contribution in [0.25, 0.3) is 0 Å². The minimum absolute atomic E-state index is 0.0105. The SMILES string of the molecule is COc1ccc(C(C)=O)cc1C[NH+]1CCN(S(=O)(=O)c2cccc(Cl)c2)CC1. The maximum Gasteiger partial charge on any atom is 0.243 e. The van der Waals surface area contributed by atoms with Crippen LogP contribution in [0.1, 0.15) is 22.8 Å². The van der Waals surface area contributed by atoms with Gasteiger partial charge in [-0.3, -0.25) is 4.79 Å². The average molecular weight is 424 g/mol. The molecule has 3 rings (SSSR count). The van der Waals surface area contributed by atoms with E-state index in [0.717, 1.165) is 11.3 Å². The van der Waals surface area contributed by atoms with Crippen molar-refractivity contribution in [3.05, 3.63) is 58.6 Å². The molecule has 1 N–H and O–H groups in total. The monoisotopic (exact) mass is 423 g/mol. The lowest BCUT2D eigenvalue weighted by molar-refractivity contribution is -0.917. The van der Waals surface area contributed by atoms with Crippen molar-refractivity contribution >= 4 is 27.4 Å². The second-order valence-corrected chi connectivity index (χ2v) is 9.25. The maximum absolute atomic E-state index is 12.8. The number of methoxy groups -OCH3 is 1. The molecule has 0 unspecified atom stereocenters. The number of carbonyl (C=O) groups is 1. The highest BCUT2D eigenvalue weighted by atomic mass is 35.5. The van der Waals surface area contributed by atoms with E-state index >= 15 is 0 Å². The van der Waals surface area contributed by atoms with Crippen LogP contribution in [0, 0.1) is 0 Å². The van der Waals surface area contributed by atoms with E-state index in [0.29, 0.717) is 43.3 Å². The molecule has 0 aliphatic carbocycles. The van der Waals surface area contributed by atoms with Gasteiger partial charge in [0.05, 0.1) is 38.2 Å². The fraction of sp³-hybridized carbons (Fsp3) is 0.350. The van der Waals surface area contributed by atoms with Crippen LogP contribution in [0.5, 0.6) is 5.75 Å². The Morgan fingerprint density at radius 2 is 1.89 bits per heavy atom. The van der Waals surface area contributed by atoms with Gasteiger partial charge in [0.15, 0.2) is 5.78 Å². The second kappa shape index (κ2) is 8.61. The van der Waals surface area contributed by atoms with Crippen LogP contribution in [-0.4, -0.2) is 51.8 Å². The molecule has 0 saturated carbocycles. The maximum atomic E-state index is 12.8. The van der Waals surface area contributed by atoms with Gasteiger partial charge in [0.25, 0.3) is 0 Å². The van der Waals surface area contributed by atoms with Crippen molar-refractivity contribution < 1.29 is 22.8 Å². The Morgan fingerprint density at radius 1 is 1.18 bits per heavy atom. The Morgan fingerprint density at radius 3 is 2.50 bits per heavy atom. The molecular formula is C20H24ClN2O4S+. The van der Waals surface area contributed by atoms with E-state index in [-0.39, 0.29) is 10.7 Å². The molecule has 0 aromatic heterocycles. The molecule has 6 nitrogen and oxygen atoms in total. The minimum atomic E-state index is -3.55. The topological polar surface area (TPSA) is 68.1 Å². The van der Waals surface area contributed by atoms with Gasteiger partial charge in [-0.15, -0.1) is 0 Å².